The fourth-order valence-corrected chi connectivity index (χ4v) is 2.44. The number of para-hydroxylation sites is 2. The lowest BCUT2D eigenvalue weighted by Gasteiger charge is -2.11. The maximum Gasteiger partial charge on any atom is 0.286 e. The first-order valence-electron chi connectivity index (χ1n) is 8.68. The number of furan rings is 1. The van der Waals surface area contributed by atoms with E-state index < -0.39 is 0 Å². The van der Waals surface area contributed by atoms with E-state index in [4.69, 9.17) is 13.9 Å². The largest absolute Gasteiger partial charge is 0.493 e. The van der Waals surface area contributed by atoms with Gasteiger partial charge in [0.05, 0.1) is 13.4 Å². The maximum absolute atomic E-state index is 12.0. The fraction of sp³-hybridized carbons (Fsp3) is 0.143. The summed E-state index contributed by atoms with van der Waals surface area (Å²) < 4.78 is 16.0. The van der Waals surface area contributed by atoms with E-state index in [-0.39, 0.29) is 30.5 Å². The number of hydrogen-bond donors (Lipinski definition) is 2. The zero-order chi connectivity index (χ0) is 19.8. The molecule has 0 saturated heterocycles. The smallest absolute Gasteiger partial charge is 0.286 e. The fourth-order valence-electron chi connectivity index (χ4n) is 2.44. The van der Waals surface area contributed by atoms with Gasteiger partial charge in [0.15, 0.2) is 17.3 Å². The summed E-state index contributed by atoms with van der Waals surface area (Å²) in [7, 11) is 1.58. The molecule has 0 radical (unpaired) electrons. The Labute approximate surface area is 162 Å². The molecular formula is C21H20N2O5. The number of rotatable bonds is 8. The van der Waals surface area contributed by atoms with Gasteiger partial charge < -0.3 is 24.5 Å². The highest BCUT2D eigenvalue weighted by Crippen LogP contribution is 2.31. The predicted molar refractivity (Wildman–Crippen MR) is 104 cm³/mol. The highest BCUT2D eigenvalue weighted by molar-refractivity contribution is 5.93. The van der Waals surface area contributed by atoms with Gasteiger partial charge in [-0.25, -0.2) is 0 Å². The van der Waals surface area contributed by atoms with Crippen molar-refractivity contribution >= 4 is 17.5 Å². The number of nitrogens with one attached hydrogen (secondary N) is 2. The van der Waals surface area contributed by atoms with Gasteiger partial charge >= 0.3 is 0 Å². The quantitative estimate of drug-likeness (QED) is 0.620. The van der Waals surface area contributed by atoms with Crippen LogP contribution in [0.4, 0.5) is 5.69 Å². The molecule has 3 aromatic rings. The minimum Gasteiger partial charge on any atom is -0.493 e. The molecule has 0 aliphatic carbocycles. The van der Waals surface area contributed by atoms with Gasteiger partial charge in [0.1, 0.15) is 5.75 Å². The van der Waals surface area contributed by atoms with Gasteiger partial charge in [0.2, 0.25) is 5.91 Å². The van der Waals surface area contributed by atoms with Crippen LogP contribution in [0.5, 0.6) is 17.2 Å². The lowest BCUT2D eigenvalue weighted by molar-refractivity contribution is -0.116. The first-order chi connectivity index (χ1) is 13.7. The van der Waals surface area contributed by atoms with Crippen LogP contribution in [0.25, 0.3) is 0 Å². The number of benzene rings is 2. The van der Waals surface area contributed by atoms with Crippen LogP contribution in [0.15, 0.2) is 71.3 Å². The summed E-state index contributed by atoms with van der Waals surface area (Å²) in [4.78, 5) is 23.7. The van der Waals surface area contributed by atoms with Crippen molar-refractivity contribution in [3.8, 4) is 17.2 Å². The average molecular weight is 380 g/mol. The number of ether oxygens (including phenoxy) is 2. The van der Waals surface area contributed by atoms with Crippen molar-refractivity contribution in [2.24, 2.45) is 0 Å². The number of methoxy groups -OCH3 is 1. The molecule has 2 amide bonds. The summed E-state index contributed by atoms with van der Waals surface area (Å²) in [6.07, 6.45) is 1.56. The molecule has 28 heavy (non-hydrogen) atoms. The van der Waals surface area contributed by atoms with Gasteiger partial charge in [-0.1, -0.05) is 12.1 Å². The minimum absolute atomic E-state index is 0.145. The van der Waals surface area contributed by atoms with E-state index in [1.165, 1.54) is 6.26 Å². The summed E-state index contributed by atoms with van der Waals surface area (Å²) >= 11 is 0. The van der Waals surface area contributed by atoms with Gasteiger partial charge in [-0.05, 0) is 48.5 Å². The van der Waals surface area contributed by atoms with Crippen LogP contribution < -0.4 is 20.1 Å². The lowest BCUT2D eigenvalue weighted by atomic mass is 10.2. The standard InChI is InChI=1S/C21H20N2O5/c1-26-17-5-2-3-6-18(17)28-16-10-8-15(9-11-16)23-20(24)12-13-22-21(25)19-7-4-14-27-19/h2-11,14H,12-13H2,1H3,(H,22,25)(H,23,24). The summed E-state index contributed by atoms with van der Waals surface area (Å²) in [5.74, 6) is 1.51. The molecule has 7 heteroatoms. The van der Waals surface area contributed by atoms with Gasteiger partial charge in [0.25, 0.3) is 5.91 Å². The van der Waals surface area contributed by atoms with Crippen LogP contribution >= 0.6 is 0 Å². The molecule has 0 bridgehead atoms. The normalized spacial score (nSPS) is 10.2. The summed E-state index contributed by atoms with van der Waals surface area (Å²) in [5.41, 5.74) is 0.634. The third-order valence-corrected chi connectivity index (χ3v) is 3.82. The zero-order valence-electron chi connectivity index (χ0n) is 15.3. The molecule has 3 rings (SSSR count). The predicted octanol–water partition coefficient (Wildman–Crippen LogP) is 3.84. The van der Waals surface area contributed by atoms with Gasteiger partial charge in [-0.3, -0.25) is 9.59 Å². The van der Waals surface area contributed by atoms with Crippen LogP contribution in [0.2, 0.25) is 0 Å². The summed E-state index contributed by atoms with van der Waals surface area (Å²) in [5, 5.41) is 5.39. The van der Waals surface area contributed by atoms with Crippen LogP contribution in [-0.2, 0) is 4.79 Å². The molecule has 0 atom stereocenters. The van der Waals surface area contributed by atoms with Crippen molar-refractivity contribution in [1.82, 2.24) is 5.32 Å². The third kappa shape index (κ3) is 5.14. The van der Waals surface area contributed by atoms with Crippen LogP contribution in [0, 0.1) is 0 Å². The van der Waals surface area contributed by atoms with E-state index in [2.05, 4.69) is 10.6 Å². The molecule has 1 heterocycles. The van der Waals surface area contributed by atoms with Gasteiger partial charge in [-0.2, -0.15) is 0 Å². The topological polar surface area (TPSA) is 89.8 Å². The number of carbonyl (C=O) groups is 2. The van der Waals surface area contributed by atoms with E-state index in [1.807, 2.05) is 24.3 Å². The van der Waals surface area contributed by atoms with E-state index in [9.17, 15) is 9.59 Å². The van der Waals surface area contributed by atoms with Crippen LogP contribution in [0.3, 0.4) is 0 Å². The van der Waals surface area contributed by atoms with Crippen molar-refractivity contribution in [1.29, 1.82) is 0 Å². The first kappa shape index (κ1) is 19.0. The van der Waals surface area contributed by atoms with Crippen LogP contribution in [0.1, 0.15) is 17.0 Å². The second kappa shape index (κ2) is 9.27. The van der Waals surface area contributed by atoms with Crippen LogP contribution in [-0.4, -0.2) is 25.5 Å². The summed E-state index contributed by atoms with van der Waals surface area (Å²) in [6, 6.07) is 17.5. The molecule has 0 unspecified atom stereocenters. The Balaban J connectivity index is 1.47. The van der Waals surface area contributed by atoms with Crippen molar-refractivity contribution in [2.45, 2.75) is 6.42 Å². The van der Waals surface area contributed by atoms with E-state index in [1.54, 1.807) is 43.5 Å². The van der Waals surface area contributed by atoms with E-state index in [0.29, 0.717) is 22.9 Å². The van der Waals surface area contributed by atoms with Crippen molar-refractivity contribution in [3.05, 3.63) is 72.7 Å². The number of hydrogen-bond acceptors (Lipinski definition) is 5. The highest BCUT2D eigenvalue weighted by atomic mass is 16.5. The minimum atomic E-state index is -0.351. The second-order valence-corrected chi connectivity index (χ2v) is 5.81. The third-order valence-electron chi connectivity index (χ3n) is 3.82. The van der Waals surface area contributed by atoms with Gasteiger partial charge in [0, 0.05) is 18.7 Å². The van der Waals surface area contributed by atoms with E-state index in [0.717, 1.165) is 0 Å². The molecule has 0 spiro atoms. The second-order valence-electron chi connectivity index (χ2n) is 5.81. The Morgan fingerprint density at radius 2 is 1.71 bits per heavy atom. The Kier molecular flexibility index (Phi) is 6.30. The van der Waals surface area contributed by atoms with Crippen molar-refractivity contribution in [2.75, 3.05) is 19.0 Å². The Morgan fingerprint density at radius 1 is 0.964 bits per heavy atom. The van der Waals surface area contributed by atoms with Crippen molar-refractivity contribution < 1.29 is 23.5 Å². The van der Waals surface area contributed by atoms with E-state index >= 15 is 0 Å². The SMILES string of the molecule is COc1ccccc1Oc1ccc(NC(=O)CCNC(=O)c2ccco2)cc1. The zero-order valence-corrected chi connectivity index (χ0v) is 15.3. The number of carbonyl (C=O) groups excluding carboxylic acids is 2. The molecule has 144 valence electrons. The van der Waals surface area contributed by atoms with Gasteiger partial charge in [-0.15, -0.1) is 0 Å². The summed E-state index contributed by atoms with van der Waals surface area (Å²) in [6.45, 7) is 0.209. The Bertz CT molecular complexity index is 920. The molecule has 7 nitrogen and oxygen atoms in total. The van der Waals surface area contributed by atoms with Crippen molar-refractivity contribution in [3.63, 3.8) is 0 Å². The average Bonchev–Trinajstić information content (AvgIpc) is 3.25. The molecule has 2 aromatic carbocycles. The molecule has 0 saturated carbocycles. The number of amides is 2. The maximum atomic E-state index is 12.0. The Morgan fingerprint density at radius 3 is 2.39 bits per heavy atom. The molecule has 0 fully saturated rings. The lowest BCUT2D eigenvalue weighted by Crippen LogP contribution is -2.27. The molecule has 0 aliphatic rings. The molecule has 0 aliphatic heterocycles. The number of anilines is 1. The molecule has 2 N–H and O–H groups in total. The molecular weight excluding hydrogens is 360 g/mol. The Hall–Kier alpha value is -3.74. The first-order valence-corrected chi connectivity index (χ1v) is 8.68. The molecule has 1 aromatic heterocycles. The highest BCUT2D eigenvalue weighted by Gasteiger charge is 2.09. The monoisotopic (exact) mass is 380 g/mol.